The Bertz CT molecular complexity index is 949. The molecule has 0 unspecified atom stereocenters. The van der Waals surface area contributed by atoms with Crippen molar-refractivity contribution in [1.29, 1.82) is 0 Å². The van der Waals surface area contributed by atoms with Crippen LogP contribution in [0, 0.1) is 0 Å². The summed E-state index contributed by atoms with van der Waals surface area (Å²) in [7, 11) is -4.80. The highest BCUT2D eigenvalue weighted by Crippen LogP contribution is 2.44. The monoisotopic (exact) mass is 390 g/mol. The molecular formula is C18H18N2O6S. The molecule has 1 saturated heterocycles. The number of fused-ring (bicyclic) bond motifs is 4. The number of rotatable bonds is 6. The van der Waals surface area contributed by atoms with Crippen molar-refractivity contribution >= 4 is 16.4 Å². The normalized spacial score (nSPS) is 21.4. The van der Waals surface area contributed by atoms with E-state index in [0.29, 0.717) is 11.7 Å². The number of urea groups is 1. The quantitative estimate of drug-likeness (QED) is 0.761. The predicted molar refractivity (Wildman–Crippen MR) is 94.6 cm³/mol. The van der Waals surface area contributed by atoms with E-state index in [4.69, 9.17) is 9.29 Å². The molecule has 2 aliphatic rings. The molecule has 2 heterocycles. The van der Waals surface area contributed by atoms with Gasteiger partial charge in [0.2, 0.25) is 0 Å². The molecule has 2 bridgehead atoms. The lowest BCUT2D eigenvalue weighted by molar-refractivity contribution is -0.0318. The van der Waals surface area contributed by atoms with Crippen LogP contribution in [0.3, 0.4) is 0 Å². The summed E-state index contributed by atoms with van der Waals surface area (Å²) in [4.78, 5) is 14.2. The Morgan fingerprint density at radius 2 is 1.70 bits per heavy atom. The average Bonchev–Trinajstić information content (AvgIpc) is 2.91. The van der Waals surface area contributed by atoms with E-state index in [1.165, 1.54) is 4.90 Å². The number of hydroxylamine groups is 2. The molecule has 0 saturated carbocycles. The molecule has 1 fully saturated rings. The molecule has 1 N–H and O–H groups in total. The fraction of sp³-hybridized carbons (Fsp3) is 0.278. The predicted octanol–water partition coefficient (Wildman–Crippen LogP) is 2.47. The molecule has 142 valence electrons. The molecule has 2 atom stereocenters. The van der Waals surface area contributed by atoms with Crippen LogP contribution in [0.1, 0.15) is 28.8 Å². The molecule has 2 aromatic rings. The molecular weight excluding hydrogens is 372 g/mol. The van der Waals surface area contributed by atoms with Crippen LogP contribution in [-0.4, -0.2) is 42.1 Å². The van der Waals surface area contributed by atoms with Gasteiger partial charge in [-0.2, -0.15) is 13.5 Å². The second-order valence-corrected chi connectivity index (χ2v) is 7.43. The van der Waals surface area contributed by atoms with Crippen LogP contribution in [0.4, 0.5) is 4.79 Å². The third kappa shape index (κ3) is 3.54. The Kier molecular flexibility index (Phi) is 4.60. The maximum atomic E-state index is 12.7. The molecule has 9 heteroatoms. The van der Waals surface area contributed by atoms with Gasteiger partial charge in [-0.25, -0.2) is 4.79 Å². The minimum atomic E-state index is -4.80. The summed E-state index contributed by atoms with van der Waals surface area (Å²) in [5, 5.41) is 0.714. The number of hydrogen-bond donors (Lipinski definition) is 1. The SMILES string of the molecule is O=C1N2C[C@H](c3ccccc3[C@@H]2COCc2ccccc2)N1OS(=O)(=O)O. The van der Waals surface area contributed by atoms with Crippen molar-refractivity contribution in [3.63, 3.8) is 0 Å². The van der Waals surface area contributed by atoms with Crippen LogP contribution in [0.5, 0.6) is 0 Å². The van der Waals surface area contributed by atoms with Crippen LogP contribution in [0.15, 0.2) is 54.6 Å². The number of ether oxygens (including phenoxy) is 1. The van der Waals surface area contributed by atoms with E-state index in [-0.39, 0.29) is 19.2 Å². The van der Waals surface area contributed by atoms with Gasteiger partial charge in [-0.1, -0.05) is 54.6 Å². The van der Waals surface area contributed by atoms with E-state index in [0.717, 1.165) is 16.7 Å². The lowest BCUT2D eigenvalue weighted by Crippen LogP contribution is -2.37. The summed E-state index contributed by atoms with van der Waals surface area (Å²) in [6, 6.07) is 15.4. The molecule has 0 radical (unpaired) electrons. The first-order chi connectivity index (χ1) is 12.9. The third-order valence-corrected chi connectivity index (χ3v) is 5.09. The van der Waals surface area contributed by atoms with Crippen molar-refractivity contribution < 1.29 is 26.8 Å². The Labute approximate surface area is 156 Å². The summed E-state index contributed by atoms with van der Waals surface area (Å²) in [5.74, 6) is 0. The number of carbonyl (C=O) groups is 1. The summed E-state index contributed by atoms with van der Waals surface area (Å²) in [5.41, 5.74) is 2.66. The van der Waals surface area contributed by atoms with Crippen molar-refractivity contribution in [2.24, 2.45) is 0 Å². The van der Waals surface area contributed by atoms with Gasteiger partial charge in [0.25, 0.3) is 0 Å². The van der Waals surface area contributed by atoms with Crippen molar-refractivity contribution in [1.82, 2.24) is 9.96 Å². The van der Waals surface area contributed by atoms with E-state index in [9.17, 15) is 13.2 Å². The lowest BCUT2D eigenvalue weighted by atomic mass is 9.91. The van der Waals surface area contributed by atoms with E-state index in [1.807, 2.05) is 54.6 Å². The van der Waals surface area contributed by atoms with Crippen LogP contribution in [0.2, 0.25) is 0 Å². The summed E-state index contributed by atoms with van der Waals surface area (Å²) >= 11 is 0. The fourth-order valence-corrected chi connectivity index (χ4v) is 3.97. The van der Waals surface area contributed by atoms with Crippen molar-refractivity contribution in [3.8, 4) is 0 Å². The number of benzene rings is 2. The van der Waals surface area contributed by atoms with E-state index in [2.05, 4.69) is 4.28 Å². The highest BCUT2D eigenvalue weighted by Gasteiger charge is 2.49. The maximum absolute atomic E-state index is 12.7. The molecule has 8 nitrogen and oxygen atoms in total. The molecule has 0 spiro atoms. The van der Waals surface area contributed by atoms with Gasteiger partial charge in [-0.15, -0.1) is 4.28 Å². The number of hydrogen-bond acceptors (Lipinski definition) is 5. The Balaban J connectivity index is 1.57. The van der Waals surface area contributed by atoms with Crippen LogP contribution in [-0.2, 0) is 26.0 Å². The van der Waals surface area contributed by atoms with Gasteiger partial charge in [0.05, 0.1) is 25.8 Å². The first kappa shape index (κ1) is 17.9. The van der Waals surface area contributed by atoms with E-state index < -0.39 is 22.5 Å². The van der Waals surface area contributed by atoms with Gasteiger partial charge in [0.15, 0.2) is 0 Å². The van der Waals surface area contributed by atoms with Crippen molar-refractivity contribution in [2.45, 2.75) is 18.7 Å². The number of carbonyl (C=O) groups excluding carboxylic acids is 1. The van der Waals surface area contributed by atoms with E-state index in [1.54, 1.807) is 0 Å². The molecule has 2 aliphatic heterocycles. The summed E-state index contributed by atoms with van der Waals surface area (Å²) in [6.45, 7) is 0.908. The topological polar surface area (TPSA) is 96.4 Å². The summed E-state index contributed by atoms with van der Waals surface area (Å²) in [6.07, 6.45) is 0. The van der Waals surface area contributed by atoms with Crippen molar-refractivity contribution in [3.05, 3.63) is 71.3 Å². The Hall–Kier alpha value is -2.46. The Morgan fingerprint density at radius 3 is 2.41 bits per heavy atom. The standard InChI is InChI=1S/C18H18N2O6S/c21-18-19-10-16(20(18)26-27(22,23)24)14-8-4-5-9-15(14)17(19)12-25-11-13-6-2-1-3-7-13/h1-9,16-17H,10-12H2,(H,22,23,24)/t16-,17+/m1/s1. The zero-order valence-electron chi connectivity index (χ0n) is 14.3. The van der Waals surface area contributed by atoms with Crippen LogP contribution >= 0.6 is 0 Å². The van der Waals surface area contributed by atoms with Crippen molar-refractivity contribution in [2.75, 3.05) is 13.2 Å². The minimum absolute atomic E-state index is 0.254. The summed E-state index contributed by atoms with van der Waals surface area (Å²) < 4.78 is 41.7. The van der Waals surface area contributed by atoms with Gasteiger partial charge in [0.1, 0.15) is 6.04 Å². The molecule has 27 heavy (non-hydrogen) atoms. The highest BCUT2D eigenvalue weighted by atomic mass is 32.3. The number of amides is 2. The minimum Gasteiger partial charge on any atom is -0.374 e. The third-order valence-electron chi connectivity index (χ3n) is 4.74. The molecule has 2 amide bonds. The fourth-order valence-electron chi connectivity index (χ4n) is 3.60. The second-order valence-electron chi connectivity index (χ2n) is 6.42. The van der Waals surface area contributed by atoms with Gasteiger partial charge in [-0.05, 0) is 16.7 Å². The first-order valence-electron chi connectivity index (χ1n) is 8.41. The van der Waals surface area contributed by atoms with E-state index >= 15 is 0 Å². The van der Waals surface area contributed by atoms with Gasteiger partial charge < -0.3 is 9.64 Å². The molecule has 2 aromatic carbocycles. The smallest absolute Gasteiger partial charge is 0.374 e. The molecule has 0 aliphatic carbocycles. The van der Waals surface area contributed by atoms with Gasteiger partial charge in [0, 0.05) is 0 Å². The average molecular weight is 390 g/mol. The van der Waals surface area contributed by atoms with Crippen LogP contribution < -0.4 is 0 Å². The second kappa shape index (κ2) is 6.93. The highest BCUT2D eigenvalue weighted by molar-refractivity contribution is 7.80. The zero-order valence-corrected chi connectivity index (χ0v) is 15.1. The first-order valence-corrected chi connectivity index (χ1v) is 9.78. The largest absolute Gasteiger partial charge is 0.418 e. The Morgan fingerprint density at radius 1 is 1.04 bits per heavy atom. The zero-order chi connectivity index (χ0) is 19.0. The maximum Gasteiger partial charge on any atom is 0.418 e. The van der Waals surface area contributed by atoms with Gasteiger partial charge >= 0.3 is 16.4 Å². The number of nitrogens with zero attached hydrogens (tertiary/aromatic N) is 2. The van der Waals surface area contributed by atoms with Crippen LogP contribution in [0.25, 0.3) is 0 Å². The lowest BCUT2D eigenvalue weighted by Gasteiger charge is -2.32. The molecule has 4 rings (SSSR count). The molecule has 0 aromatic heterocycles. The van der Waals surface area contributed by atoms with Gasteiger partial charge in [-0.3, -0.25) is 4.55 Å².